The molecule has 0 amide bonds. The molecule has 0 aliphatic heterocycles. The summed E-state index contributed by atoms with van der Waals surface area (Å²) in [6.45, 7) is 7.34. The summed E-state index contributed by atoms with van der Waals surface area (Å²) in [7, 11) is 0. The number of nitrogens with two attached hydrogens (primary N) is 1. The average molecular weight is 250 g/mol. The Balaban J connectivity index is 2.71. The standard InChI is InChI=1S/C14H22N2O2/c1-4-18-14(17)11-5-6-12(15)13(9-11)16-8-7-10(2)3/h5-6,9-10,16H,4,7-8,15H2,1-3H3. The van der Waals surface area contributed by atoms with Gasteiger partial charge in [0.15, 0.2) is 0 Å². The fourth-order valence-electron chi connectivity index (χ4n) is 1.55. The van der Waals surface area contributed by atoms with Crippen LogP contribution in [0.2, 0.25) is 0 Å². The number of hydrogen-bond donors (Lipinski definition) is 2. The maximum atomic E-state index is 11.6. The van der Waals surface area contributed by atoms with Crippen molar-refractivity contribution in [1.82, 2.24) is 0 Å². The lowest BCUT2D eigenvalue weighted by Crippen LogP contribution is -2.09. The lowest BCUT2D eigenvalue weighted by Gasteiger charge is -2.12. The molecular formula is C14H22N2O2. The van der Waals surface area contributed by atoms with Crippen molar-refractivity contribution in [2.24, 2.45) is 5.92 Å². The molecule has 0 saturated carbocycles. The van der Waals surface area contributed by atoms with Gasteiger partial charge in [-0.2, -0.15) is 0 Å². The Morgan fingerprint density at radius 3 is 2.78 bits per heavy atom. The predicted octanol–water partition coefficient (Wildman–Crippen LogP) is 2.90. The summed E-state index contributed by atoms with van der Waals surface area (Å²) in [4.78, 5) is 11.6. The number of anilines is 2. The molecule has 1 rings (SSSR count). The lowest BCUT2D eigenvalue weighted by atomic mass is 10.1. The first-order chi connectivity index (χ1) is 8.54. The first-order valence-corrected chi connectivity index (χ1v) is 6.35. The number of carbonyl (C=O) groups excluding carboxylic acids is 1. The van der Waals surface area contributed by atoms with Crippen molar-refractivity contribution >= 4 is 17.3 Å². The molecule has 100 valence electrons. The molecule has 1 aromatic rings. The topological polar surface area (TPSA) is 64.3 Å². The first-order valence-electron chi connectivity index (χ1n) is 6.35. The van der Waals surface area contributed by atoms with Crippen LogP contribution in [0.3, 0.4) is 0 Å². The molecular weight excluding hydrogens is 228 g/mol. The molecule has 0 aromatic heterocycles. The van der Waals surface area contributed by atoms with Gasteiger partial charge in [0.2, 0.25) is 0 Å². The van der Waals surface area contributed by atoms with Crippen LogP contribution in [-0.4, -0.2) is 19.1 Å². The van der Waals surface area contributed by atoms with E-state index in [0.29, 0.717) is 23.8 Å². The molecule has 0 spiro atoms. The number of esters is 1. The van der Waals surface area contributed by atoms with Crippen LogP contribution in [0.15, 0.2) is 18.2 Å². The fraction of sp³-hybridized carbons (Fsp3) is 0.500. The van der Waals surface area contributed by atoms with Crippen LogP contribution in [0.25, 0.3) is 0 Å². The van der Waals surface area contributed by atoms with Gasteiger partial charge in [0.05, 0.1) is 23.5 Å². The number of benzene rings is 1. The van der Waals surface area contributed by atoms with E-state index in [1.165, 1.54) is 0 Å². The Labute approximate surface area is 109 Å². The Morgan fingerprint density at radius 2 is 2.17 bits per heavy atom. The highest BCUT2D eigenvalue weighted by Crippen LogP contribution is 2.20. The van der Waals surface area contributed by atoms with Crippen LogP contribution < -0.4 is 11.1 Å². The van der Waals surface area contributed by atoms with Gasteiger partial charge in [-0.25, -0.2) is 4.79 Å². The van der Waals surface area contributed by atoms with Crippen molar-refractivity contribution in [2.75, 3.05) is 24.2 Å². The van der Waals surface area contributed by atoms with Crippen LogP contribution >= 0.6 is 0 Å². The Kier molecular flexibility index (Phi) is 5.49. The minimum atomic E-state index is -0.315. The van der Waals surface area contributed by atoms with E-state index in [0.717, 1.165) is 18.7 Å². The van der Waals surface area contributed by atoms with Gasteiger partial charge in [-0.05, 0) is 37.5 Å². The smallest absolute Gasteiger partial charge is 0.338 e. The second-order valence-corrected chi connectivity index (χ2v) is 4.63. The third-order valence-electron chi connectivity index (χ3n) is 2.60. The second kappa shape index (κ2) is 6.89. The summed E-state index contributed by atoms with van der Waals surface area (Å²) in [6.07, 6.45) is 1.06. The van der Waals surface area contributed by atoms with E-state index >= 15 is 0 Å². The molecule has 3 N–H and O–H groups in total. The molecule has 4 heteroatoms. The summed E-state index contributed by atoms with van der Waals surface area (Å²) in [6, 6.07) is 5.15. The predicted molar refractivity (Wildman–Crippen MR) is 74.8 cm³/mol. The lowest BCUT2D eigenvalue weighted by molar-refractivity contribution is 0.0526. The zero-order chi connectivity index (χ0) is 13.5. The minimum Gasteiger partial charge on any atom is -0.462 e. The second-order valence-electron chi connectivity index (χ2n) is 4.63. The molecule has 0 unspecified atom stereocenters. The normalized spacial score (nSPS) is 10.4. The maximum absolute atomic E-state index is 11.6. The molecule has 4 nitrogen and oxygen atoms in total. The van der Waals surface area contributed by atoms with Gasteiger partial charge in [0.25, 0.3) is 0 Å². The Morgan fingerprint density at radius 1 is 1.44 bits per heavy atom. The van der Waals surface area contributed by atoms with Crippen molar-refractivity contribution in [1.29, 1.82) is 0 Å². The van der Waals surface area contributed by atoms with Crippen LogP contribution in [0, 0.1) is 5.92 Å². The number of rotatable bonds is 6. The third kappa shape index (κ3) is 4.28. The van der Waals surface area contributed by atoms with Crippen molar-refractivity contribution in [3.63, 3.8) is 0 Å². The number of nitrogens with one attached hydrogen (secondary N) is 1. The molecule has 0 aliphatic rings. The summed E-state index contributed by atoms with van der Waals surface area (Å²) >= 11 is 0. The SMILES string of the molecule is CCOC(=O)c1ccc(N)c(NCCC(C)C)c1. The van der Waals surface area contributed by atoms with E-state index in [1.54, 1.807) is 25.1 Å². The van der Waals surface area contributed by atoms with Gasteiger partial charge in [-0.3, -0.25) is 0 Å². The fourth-order valence-corrected chi connectivity index (χ4v) is 1.55. The molecule has 0 fully saturated rings. The number of hydrogen-bond acceptors (Lipinski definition) is 4. The van der Waals surface area contributed by atoms with Gasteiger partial charge in [0, 0.05) is 6.54 Å². The molecule has 18 heavy (non-hydrogen) atoms. The molecule has 1 aromatic carbocycles. The molecule has 0 heterocycles. The molecule has 0 aliphatic carbocycles. The largest absolute Gasteiger partial charge is 0.462 e. The van der Waals surface area contributed by atoms with Crippen molar-refractivity contribution < 1.29 is 9.53 Å². The highest BCUT2D eigenvalue weighted by molar-refractivity contribution is 5.92. The molecule has 0 radical (unpaired) electrons. The van der Waals surface area contributed by atoms with E-state index in [1.807, 2.05) is 0 Å². The van der Waals surface area contributed by atoms with E-state index < -0.39 is 0 Å². The first kappa shape index (κ1) is 14.4. The summed E-state index contributed by atoms with van der Waals surface area (Å²) in [5, 5.41) is 3.25. The summed E-state index contributed by atoms with van der Waals surface area (Å²) < 4.78 is 4.96. The summed E-state index contributed by atoms with van der Waals surface area (Å²) in [5.41, 5.74) is 7.83. The molecule has 0 atom stereocenters. The quantitative estimate of drug-likeness (QED) is 0.602. The maximum Gasteiger partial charge on any atom is 0.338 e. The van der Waals surface area contributed by atoms with Crippen molar-refractivity contribution in [2.45, 2.75) is 27.2 Å². The van der Waals surface area contributed by atoms with Crippen LogP contribution in [0.1, 0.15) is 37.6 Å². The van der Waals surface area contributed by atoms with E-state index in [-0.39, 0.29) is 5.97 Å². The highest BCUT2D eigenvalue weighted by atomic mass is 16.5. The highest BCUT2D eigenvalue weighted by Gasteiger charge is 2.09. The van der Waals surface area contributed by atoms with Crippen molar-refractivity contribution in [3.8, 4) is 0 Å². The Bertz CT molecular complexity index is 403. The van der Waals surface area contributed by atoms with Crippen LogP contribution in [0.4, 0.5) is 11.4 Å². The van der Waals surface area contributed by atoms with Gasteiger partial charge >= 0.3 is 5.97 Å². The number of nitrogen functional groups attached to an aromatic ring is 1. The Hall–Kier alpha value is -1.71. The average Bonchev–Trinajstić information content (AvgIpc) is 2.31. The van der Waals surface area contributed by atoms with Gasteiger partial charge < -0.3 is 15.8 Å². The number of carbonyl (C=O) groups is 1. The molecule has 0 saturated heterocycles. The van der Waals surface area contributed by atoms with E-state index in [9.17, 15) is 4.79 Å². The summed E-state index contributed by atoms with van der Waals surface area (Å²) in [5.74, 6) is 0.316. The zero-order valence-corrected chi connectivity index (χ0v) is 11.3. The third-order valence-corrected chi connectivity index (χ3v) is 2.60. The minimum absolute atomic E-state index is 0.315. The van der Waals surface area contributed by atoms with E-state index in [4.69, 9.17) is 10.5 Å². The van der Waals surface area contributed by atoms with Crippen molar-refractivity contribution in [3.05, 3.63) is 23.8 Å². The zero-order valence-electron chi connectivity index (χ0n) is 11.3. The van der Waals surface area contributed by atoms with Gasteiger partial charge in [0.1, 0.15) is 0 Å². The van der Waals surface area contributed by atoms with E-state index in [2.05, 4.69) is 19.2 Å². The van der Waals surface area contributed by atoms with Crippen LogP contribution in [-0.2, 0) is 4.74 Å². The monoisotopic (exact) mass is 250 g/mol. The molecule has 0 bridgehead atoms. The van der Waals surface area contributed by atoms with Crippen LogP contribution in [0.5, 0.6) is 0 Å². The van der Waals surface area contributed by atoms with Gasteiger partial charge in [-0.1, -0.05) is 13.8 Å². The number of ether oxygens (including phenoxy) is 1. The van der Waals surface area contributed by atoms with Gasteiger partial charge in [-0.15, -0.1) is 0 Å².